The van der Waals surface area contributed by atoms with Crippen molar-refractivity contribution in [1.82, 2.24) is 10.0 Å². The van der Waals surface area contributed by atoms with Gasteiger partial charge in [0, 0.05) is 19.2 Å². The molecule has 1 atom stereocenters. The number of sulfonamides is 1. The van der Waals surface area contributed by atoms with Gasteiger partial charge in [-0.25, -0.2) is 13.1 Å². The van der Waals surface area contributed by atoms with E-state index in [-0.39, 0.29) is 30.0 Å². The van der Waals surface area contributed by atoms with Crippen molar-refractivity contribution in [2.75, 3.05) is 20.3 Å². The molecule has 0 aliphatic heterocycles. The number of nitrogens with one attached hydrogen (secondary N) is 2. The molecular weight excluding hydrogens is 356 g/mol. The molecule has 2 aromatic rings. The van der Waals surface area contributed by atoms with Crippen molar-refractivity contribution < 1.29 is 22.4 Å². The summed E-state index contributed by atoms with van der Waals surface area (Å²) in [5, 5.41) is 2.83. The number of furan rings is 1. The van der Waals surface area contributed by atoms with Crippen LogP contribution in [0.1, 0.15) is 40.4 Å². The van der Waals surface area contributed by atoms with Crippen molar-refractivity contribution in [3.63, 3.8) is 0 Å². The van der Waals surface area contributed by atoms with Gasteiger partial charge < -0.3 is 14.5 Å². The SMILES string of the molecule is COCCNS(=O)(=O)c1ccc(C)c(C(=O)N[C@@H](C)c2ccc(C)o2)c1. The van der Waals surface area contributed by atoms with Gasteiger partial charge in [0.25, 0.3) is 5.91 Å². The van der Waals surface area contributed by atoms with Crippen LogP contribution in [0.15, 0.2) is 39.6 Å². The maximum atomic E-state index is 12.6. The summed E-state index contributed by atoms with van der Waals surface area (Å²) < 4.78 is 37.4. The first-order chi connectivity index (χ1) is 12.2. The molecule has 2 N–H and O–H groups in total. The van der Waals surface area contributed by atoms with Gasteiger partial charge in [0.2, 0.25) is 10.0 Å². The summed E-state index contributed by atoms with van der Waals surface area (Å²) in [5.74, 6) is 1.03. The molecule has 0 radical (unpaired) electrons. The lowest BCUT2D eigenvalue weighted by Gasteiger charge is -2.14. The second kappa shape index (κ2) is 8.48. The number of rotatable bonds is 8. The minimum absolute atomic E-state index is 0.0332. The third kappa shape index (κ3) is 4.94. The monoisotopic (exact) mass is 380 g/mol. The van der Waals surface area contributed by atoms with E-state index >= 15 is 0 Å². The molecule has 1 aromatic carbocycles. The highest BCUT2D eigenvalue weighted by molar-refractivity contribution is 7.89. The van der Waals surface area contributed by atoms with Crippen molar-refractivity contribution in [3.8, 4) is 0 Å². The van der Waals surface area contributed by atoms with Crippen LogP contribution in [0, 0.1) is 13.8 Å². The molecule has 0 fully saturated rings. The van der Waals surface area contributed by atoms with Crippen LogP contribution < -0.4 is 10.0 Å². The highest BCUT2D eigenvalue weighted by Crippen LogP contribution is 2.19. The maximum Gasteiger partial charge on any atom is 0.252 e. The zero-order valence-electron chi connectivity index (χ0n) is 15.3. The quantitative estimate of drug-likeness (QED) is 0.685. The van der Waals surface area contributed by atoms with Crippen LogP contribution in [0.25, 0.3) is 0 Å². The third-order valence-electron chi connectivity index (χ3n) is 3.90. The topological polar surface area (TPSA) is 97.6 Å². The van der Waals surface area contributed by atoms with Crippen molar-refractivity contribution in [2.45, 2.75) is 31.7 Å². The number of aryl methyl sites for hydroxylation is 2. The highest BCUT2D eigenvalue weighted by atomic mass is 32.2. The van der Waals surface area contributed by atoms with Crippen LogP contribution in [0.2, 0.25) is 0 Å². The summed E-state index contributed by atoms with van der Waals surface area (Å²) in [4.78, 5) is 12.6. The van der Waals surface area contributed by atoms with Crippen LogP contribution in [-0.2, 0) is 14.8 Å². The first-order valence-electron chi connectivity index (χ1n) is 8.21. The van der Waals surface area contributed by atoms with Crippen molar-refractivity contribution in [2.24, 2.45) is 0 Å². The van der Waals surface area contributed by atoms with E-state index in [1.807, 2.05) is 13.0 Å². The van der Waals surface area contributed by atoms with Gasteiger partial charge in [0.05, 0.1) is 17.5 Å². The Hall–Kier alpha value is -2.16. The molecule has 8 heteroatoms. The smallest absolute Gasteiger partial charge is 0.252 e. The van der Waals surface area contributed by atoms with E-state index in [2.05, 4.69) is 10.0 Å². The molecule has 2 rings (SSSR count). The van der Waals surface area contributed by atoms with E-state index in [1.54, 1.807) is 26.0 Å². The number of hydrogen-bond donors (Lipinski definition) is 2. The van der Waals surface area contributed by atoms with Crippen LogP contribution >= 0.6 is 0 Å². The molecular formula is C18H24N2O5S. The Labute approximate surface area is 153 Å². The van der Waals surface area contributed by atoms with Crippen molar-refractivity contribution in [3.05, 3.63) is 53.0 Å². The average Bonchev–Trinajstić information content (AvgIpc) is 3.01. The average molecular weight is 380 g/mol. The fourth-order valence-electron chi connectivity index (χ4n) is 2.41. The van der Waals surface area contributed by atoms with Gasteiger partial charge in [-0.05, 0) is 50.6 Å². The third-order valence-corrected chi connectivity index (χ3v) is 5.36. The molecule has 0 aliphatic carbocycles. The van der Waals surface area contributed by atoms with E-state index in [4.69, 9.17) is 9.15 Å². The van der Waals surface area contributed by atoms with E-state index in [0.717, 1.165) is 5.76 Å². The molecule has 1 aromatic heterocycles. The Bertz CT molecular complexity index is 873. The predicted molar refractivity (Wildman–Crippen MR) is 97.6 cm³/mol. The number of hydrogen-bond acceptors (Lipinski definition) is 5. The Kier molecular flexibility index (Phi) is 6.57. The van der Waals surface area contributed by atoms with E-state index in [1.165, 1.54) is 19.2 Å². The van der Waals surface area contributed by atoms with Gasteiger partial charge in [0.1, 0.15) is 11.5 Å². The first kappa shape index (κ1) is 20.2. The maximum absolute atomic E-state index is 12.6. The second-order valence-electron chi connectivity index (χ2n) is 6.01. The van der Waals surface area contributed by atoms with Crippen LogP contribution in [-0.4, -0.2) is 34.6 Å². The lowest BCUT2D eigenvalue weighted by Crippen LogP contribution is -2.29. The van der Waals surface area contributed by atoms with Gasteiger partial charge in [-0.3, -0.25) is 4.79 Å². The number of ether oxygens (including phenoxy) is 1. The standard InChI is InChI=1S/C18H24N2O5S/c1-12-5-7-15(26(22,23)19-9-10-24-4)11-16(12)18(21)20-14(3)17-8-6-13(2)25-17/h5-8,11,14,19H,9-10H2,1-4H3,(H,20,21)/t14-/m0/s1. The largest absolute Gasteiger partial charge is 0.464 e. The summed E-state index contributed by atoms with van der Waals surface area (Å²) in [6.45, 7) is 5.80. The summed E-state index contributed by atoms with van der Waals surface area (Å²) in [6, 6.07) is 7.74. The van der Waals surface area contributed by atoms with Crippen LogP contribution in [0.3, 0.4) is 0 Å². The molecule has 0 saturated heterocycles. The zero-order chi connectivity index (χ0) is 19.3. The fourth-order valence-corrected chi connectivity index (χ4v) is 3.44. The lowest BCUT2D eigenvalue weighted by atomic mass is 10.1. The highest BCUT2D eigenvalue weighted by Gasteiger charge is 2.20. The Morgan fingerprint density at radius 1 is 1.23 bits per heavy atom. The molecule has 0 saturated carbocycles. The summed E-state index contributed by atoms with van der Waals surface area (Å²) in [5.41, 5.74) is 0.982. The molecule has 0 bridgehead atoms. The number of carbonyl (C=O) groups excluding carboxylic acids is 1. The molecule has 7 nitrogen and oxygen atoms in total. The molecule has 1 heterocycles. The molecule has 142 valence electrons. The van der Waals surface area contributed by atoms with Gasteiger partial charge >= 0.3 is 0 Å². The van der Waals surface area contributed by atoms with Crippen molar-refractivity contribution in [1.29, 1.82) is 0 Å². The van der Waals surface area contributed by atoms with Gasteiger partial charge in [-0.15, -0.1) is 0 Å². The Balaban J connectivity index is 2.19. The molecule has 1 amide bonds. The fraction of sp³-hybridized carbons (Fsp3) is 0.389. The number of amides is 1. The van der Waals surface area contributed by atoms with Crippen LogP contribution in [0.4, 0.5) is 0 Å². The minimum Gasteiger partial charge on any atom is -0.464 e. The Morgan fingerprint density at radius 3 is 2.58 bits per heavy atom. The Morgan fingerprint density at radius 2 is 1.96 bits per heavy atom. The predicted octanol–water partition coefficient (Wildman–Crippen LogP) is 2.31. The molecule has 0 unspecified atom stereocenters. The van der Waals surface area contributed by atoms with E-state index < -0.39 is 10.0 Å². The minimum atomic E-state index is -3.71. The first-order valence-corrected chi connectivity index (χ1v) is 9.69. The number of benzene rings is 1. The van der Waals surface area contributed by atoms with E-state index in [0.29, 0.717) is 16.9 Å². The number of carbonyl (C=O) groups is 1. The molecule has 0 aliphatic rings. The zero-order valence-corrected chi connectivity index (χ0v) is 16.1. The molecule has 0 spiro atoms. The van der Waals surface area contributed by atoms with Crippen molar-refractivity contribution >= 4 is 15.9 Å². The van der Waals surface area contributed by atoms with E-state index in [9.17, 15) is 13.2 Å². The van der Waals surface area contributed by atoms with Crippen LogP contribution in [0.5, 0.6) is 0 Å². The normalized spacial score (nSPS) is 12.8. The summed E-state index contributed by atoms with van der Waals surface area (Å²) >= 11 is 0. The van der Waals surface area contributed by atoms with Gasteiger partial charge in [0.15, 0.2) is 0 Å². The summed E-state index contributed by atoms with van der Waals surface area (Å²) in [6.07, 6.45) is 0. The molecule has 26 heavy (non-hydrogen) atoms. The lowest BCUT2D eigenvalue weighted by molar-refractivity contribution is 0.0934. The van der Waals surface area contributed by atoms with Gasteiger partial charge in [-0.1, -0.05) is 6.07 Å². The van der Waals surface area contributed by atoms with Gasteiger partial charge in [-0.2, -0.15) is 0 Å². The second-order valence-corrected chi connectivity index (χ2v) is 7.78. The summed E-state index contributed by atoms with van der Waals surface area (Å²) in [7, 11) is -2.22. The number of methoxy groups -OCH3 is 1.